The van der Waals surface area contributed by atoms with Crippen molar-refractivity contribution in [3.8, 4) is 5.75 Å². The summed E-state index contributed by atoms with van der Waals surface area (Å²) >= 11 is 1.31. The molecule has 0 aliphatic rings. The normalized spacial score (nSPS) is 10.6. The Hall–Kier alpha value is -1.86. The highest BCUT2D eigenvalue weighted by molar-refractivity contribution is 7.22. The van der Waals surface area contributed by atoms with E-state index in [4.69, 9.17) is 19.9 Å². The summed E-state index contributed by atoms with van der Waals surface area (Å²) in [5.41, 5.74) is 6.70. The molecule has 0 spiro atoms. The Balaban J connectivity index is 2.41. The first-order valence-electron chi connectivity index (χ1n) is 5.56. The molecule has 0 aliphatic heterocycles. The Bertz CT molecular complexity index is 597. The van der Waals surface area contributed by atoms with Crippen LogP contribution in [0.4, 0.5) is 5.13 Å². The number of esters is 1. The van der Waals surface area contributed by atoms with Crippen LogP contribution in [0.15, 0.2) is 12.1 Å². The third-order valence-electron chi connectivity index (χ3n) is 2.46. The van der Waals surface area contributed by atoms with Gasteiger partial charge in [-0.1, -0.05) is 11.3 Å². The van der Waals surface area contributed by atoms with E-state index in [1.807, 2.05) is 0 Å². The SMILES string of the molecule is COCCOc1cc2nc(N)sc2cc1C(=O)OC. The minimum Gasteiger partial charge on any atom is -0.490 e. The number of hydrogen-bond acceptors (Lipinski definition) is 7. The van der Waals surface area contributed by atoms with Gasteiger partial charge in [-0.15, -0.1) is 0 Å². The van der Waals surface area contributed by atoms with Gasteiger partial charge in [-0.2, -0.15) is 0 Å². The monoisotopic (exact) mass is 282 g/mol. The summed E-state index contributed by atoms with van der Waals surface area (Å²) in [6.45, 7) is 0.767. The van der Waals surface area contributed by atoms with Gasteiger partial charge in [0.15, 0.2) is 5.13 Å². The second-order valence-electron chi connectivity index (χ2n) is 3.70. The molecular formula is C12H14N2O4S. The highest BCUT2D eigenvalue weighted by atomic mass is 32.1. The van der Waals surface area contributed by atoms with Crippen LogP contribution in [0.1, 0.15) is 10.4 Å². The van der Waals surface area contributed by atoms with Gasteiger partial charge in [0.05, 0.1) is 23.9 Å². The Labute approximate surface area is 114 Å². The molecule has 2 rings (SSSR count). The van der Waals surface area contributed by atoms with Crippen LogP contribution in [0, 0.1) is 0 Å². The number of nitrogen functional groups attached to an aromatic ring is 1. The zero-order valence-electron chi connectivity index (χ0n) is 10.6. The minimum atomic E-state index is -0.457. The Kier molecular flexibility index (Phi) is 4.18. The molecule has 0 fully saturated rings. The average Bonchev–Trinajstić information content (AvgIpc) is 2.76. The van der Waals surface area contributed by atoms with Crippen LogP contribution in [0.25, 0.3) is 10.2 Å². The molecule has 2 aromatic rings. The number of methoxy groups -OCH3 is 2. The van der Waals surface area contributed by atoms with Crippen molar-refractivity contribution in [3.63, 3.8) is 0 Å². The molecule has 0 saturated carbocycles. The zero-order chi connectivity index (χ0) is 13.8. The highest BCUT2D eigenvalue weighted by Crippen LogP contribution is 2.31. The fraction of sp³-hybridized carbons (Fsp3) is 0.333. The molecule has 0 atom stereocenters. The van der Waals surface area contributed by atoms with Crippen LogP contribution >= 0.6 is 11.3 Å². The summed E-state index contributed by atoms with van der Waals surface area (Å²) in [5, 5.41) is 0.444. The van der Waals surface area contributed by atoms with Gasteiger partial charge < -0.3 is 19.9 Å². The fourth-order valence-corrected chi connectivity index (χ4v) is 2.35. The van der Waals surface area contributed by atoms with Gasteiger partial charge in [-0.25, -0.2) is 9.78 Å². The summed E-state index contributed by atoms with van der Waals surface area (Å²) in [4.78, 5) is 15.9. The fourth-order valence-electron chi connectivity index (χ4n) is 1.60. The van der Waals surface area contributed by atoms with Crippen LogP contribution in [-0.4, -0.2) is 38.4 Å². The van der Waals surface area contributed by atoms with E-state index in [1.54, 1.807) is 19.2 Å². The maximum Gasteiger partial charge on any atom is 0.341 e. The molecule has 102 valence electrons. The van der Waals surface area contributed by atoms with Crippen molar-refractivity contribution in [1.82, 2.24) is 4.98 Å². The van der Waals surface area contributed by atoms with Crippen LogP contribution in [0.5, 0.6) is 5.75 Å². The molecule has 0 saturated heterocycles. The van der Waals surface area contributed by atoms with Crippen molar-refractivity contribution in [1.29, 1.82) is 0 Å². The Morgan fingerprint density at radius 1 is 1.37 bits per heavy atom. The second-order valence-corrected chi connectivity index (χ2v) is 4.76. The van der Waals surface area contributed by atoms with Crippen LogP contribution in [0.3, 0.4) is 0 Å². The van der Waals surface area contributed by atoms with Crippen molar-refractivity contribution >= 4 is 32.7 Å². The summed E-state index contributed by atoms with van der Waals surface area (Å²) < 4.78 is 16.0. The molecule has 1 heterocycles. The quantitative estimate of drug-likeness (QED) is 0.663. The largest absolute Gasteiger partial charge is 0.490 e. The van der Waals surface area contributed by atoms with Gasteiger partial charge in [-0.3, -0.25) is 0 Å². The van der Waals surface area contributed by atoms with E-state index in [2.05, 4.69) is 4.98 Å². The number of carbonyl (C=O) groups excluding carboxylic acids is 1. The lowest BCUT2D eigenvalue weighted by Gasteiger charge is -2.09. The molecule has 0 aliphatic carbocycles. The van der Waals surface area contributed by atoms with Gasteiger partial charge in [0.1, 0.15) is 17.9 Å². The van der Waals surface area contributed by atoms with E-state index in [1.165, 1.54) is 18.4 Å². The van der Waals surface area contributed by atoms with Crippen molar-refractivity contribution in [3.05, 3.63) is 17.7 Å². The van der Waals surface area contributed by atoms with E-state index >= 15 is 0 Å². The summed E-state index contributed by atoms with van der Waals surface area (Å²) in [6.07, 6.45) is 0. The first-order valence-corrected chi connectivity index (χ1v) is 6.37. The molecule has 1 aromatic heterocycles. The first-order chi connectivity index (χ1) is 9.15. The third kappa shape index (κ3) is 2.94. The highest BCUT2D eigenvalue weighted by Gasteiger charge is 2.16. The van der Waals surface area contributed by atoms with Gasteiger partial charge in [-0.05, 0) is 6.07 Å². The number of nitrogens with zero attached hydrogens (tertiary/aromatic N) is 1. The average molecular weight is 282 g/mol. The van der Waals surface area contributed by atoms with E-state index < -0.39 is 5.97 Å². The maximum absolute atomic E-state index is 11.7. The summed E-state index contributed by atoms with van der Waals surface area (Å²) in [6, 6.07) is 3.36. The molecular weight excluding hydrogens is 268 g/mol. The Morgan fingerprint density at radius 3 is 2.84 bits per heavy atom. The lowest BCUT2D eigenvalue weighted by molar-refractivity contribution is 0.0594. The third-order valence-corrected chi connectivity index (χ3v) is 3.30. The van der Waals surface area contributed by atoms with Crippen LogP contribution < -0.4 is 10.5 Å². The van der Waals surface area contributed by atoms with Gasteiger partial charge in [0, 0.05) is 13.2 Å². The maximum atomic E-state index is 11.7. The number of rotatable bonds is 5. The zero-order valence-corrected chi connectivity index (χ0v) is 11.5. The number of hydrogen-bond donors (Lipinski definition) is 1. The van der Waals surface area contributed by atoms with Crippen molar-refractivity contribution in [2.45, 2.75) is 0 Å². The standard InChI is InChI=1S/C12H14N2O4S/c1-16-3-4-18-9-6-8-10(19-12(13)14-8)5-7(9)11(15)17-2/h5-6H,3-4H2,1-2H3,(H2,13,14). The van der Waals surface area contributed by atoms with E-state index in [0.29, 0.717) is 35.2 Å². The van der Waals surface area contributed by atoms with Gasteiger partial charge in [0.25, 0.3) is 0 Å². The molecule has 2 N–H and O–H groups in total. The number of ether oxygens (including phenoxy) is 3. The van der Waals surface area contributed by atoms with Crippen molar-refractivity contribution in [2.75, 3.05) is 33.2 Å². The lowest BCUT2D eigenvalue weighted by Crippen LogP contribution is -2.09. The molecule has 7 heteroatoms. The molecule has 19 heavy (non-hydrogen) atoms. The molecule has 0 amide bonds. The lowest BCUT2D eigenvalue weighted by atomic mass is 10.2. The van der Waals surface area contributed by atoms with Crippen molar-refractivity contribution < 1.29 is 19.0 Å². The predicted octanol–water partition coefficient (Wildman–Crippen LogP) is 1.69. The molecule has 0 unspecified atom stereocenters. The van der Waals surface area contributed by atoms with Crippen molar-refractivity contribution in [2.24, 2.45) is 0 Å². The Morgan fingerprint density at radius 2 is 2.16 bits per heavy atom. The molecule has 0 radical (unpaired) electrons. The topological polar surface area (TPSA) is 83.7 Å². The number of aromatic nitrogens is 1. The summed E-state index contributed by atoms with van der Waals surface area (Å²) in [5.74, 6) is -0.0389. The molecule has 1 aromatic carbocycles. The smallest absolute Gasteiger partial charge is 0.341 e. The molecule has 0 bridgehead atoms. The molecule has 6 nitrogen and oxygen atoms in total. The van der Waals surface area contributed by atoms with Gasteiger partial charge in [0.2, 0.25) is 0 Å². The second kappa shape index (κ2) is 5.85. The van der Waals surface area contributed by atoms with E-state index in [0.717, 1.165) is 4.70 Å². The number of anilines is 1. The first kappa shape index (κ1) is 13.6. The number of nitrogens with two attached hydrogens (primary N) is 1. The summed E-state index contributed by atoms with van der Waals surface area (Å²) in [7, 11) is 2.90. The predicted molar refractivity (Wildman–Crippen MR) is 72.7 cm³/mol. The number of thiazole rings is 1. The van der Waals surface area contributed by atoms with E-state index in [-0.39, 0.29) is 0 Å². The minimum absolute atomic E-state index is 0.339. The van der Waals surface area contributed by atoms with Gasteiger partial charge >= 0.3 is 5.97 Å². The number of benzene rings is 1. The number of carbonyl (C=O) groups is 1. The van der Waals surface area contributed by atoms with Crippen LogP contribution in [0.2, 0.25) is 0 Å². The van der Waals surface area contributed by atoms with E-state index in [9.17, 15) is 4.79 Å². The van der Waals surface area contributed by atoms with Crippen LogP contribution in [-0.2, 0) is 9.47 Å². The number of fused-ring (bicyclic) bond motifs is 1.